The summed E-state index contributed by atoms with van der Waals surface area (Å²) in [4.78, 5) is 31.4. The summed E-state index contributed by atoms with van der Waals surface area (Å²) in [5.41, 5.74) is 3.84. The van der Waals surface area contributed by atoms with Gasteiger partial charge in [-0.1, -0.05) is 68.7 Å². The maximum absolute atomic E-state index is 13.9. The van der Waals surface area contributed by atoms with Crippen LogP contribution in [0.25, 0.3) is 22.5 Å². The topological polar surface area (TPSA) is 95.1 Å². The van der Waals surface area contributed by atoms with Crippen molar-refractivity contribution in [3.63, 3.8) is 0 Å². The van der Waals surface area contributed by atoms with E-state index in [1.165, 1.54) is 0 Å². The van der Waals surface area contributed by atoms with Crippen molar-refractivity contribution in [3.05, 3.63) is 54.1 Å². The largest absolute Gasteiger partial charge is 0.341 e. The Morgan fingerprint density at radius 2 is 1.74 bits per heavy atom. The van der Waals surface area contributed by atoms with Crippen molar-refractivity contribution in [1.82, 2.24) is 30.4 Å². The number of hydrogen-bond donors (Lipinski definition) is 1. The van der Waals surface area contributed by atoms with Gasteiger partial charge in [-0.25, -0.2) is 0 Å². The highest BCUT2D eigenvalue weighted by molar-refractivity contribution is 5.88. The van der Waals surface area contributed by atoms with Crippen LogP contribution >= 0.6 is 0 Å². The van der Waals surface area contributed by atoms with E-state index in [0.29, 0.717) is 31.9 Å². The molecular weight excluding hydrogens is 476 g/mol. The molecule has 1 atom stereocenters. The molecule has 0 radical (unpaired) electrons. The first-order valence-electron chi connectivity index (χ1n) is 14.1. The summed E-state index contributed by atoms with van der Waals surface area (Å²) in [5, 5.41) is 14.8. The lowest BCUT2D eigenvalue weighted by molar-refractivity contribution is -0.149. The van der Waals surface area contributed by atoms with Gasteiger partial charge < -0.3 is 9.80 Å². The minimum absolute atomic E-state index is 0.0532. The van der Waals surface area contributed by atoms with Crippen LogP contribution in [0.2, 0.25) is 0 Å². The van der Waals surface area contributed by atoms with E-state index in [9.17, 15) is 9.59 Å². The Hall–Kier alpha value is -3.55. The van der Waals surface area contributed by atoms with Gasteiger partial charge in [-0.2, -0.15) is 5.21 Å². The van der Waals surface area contributed by atoms with Crippen LogP contribution in [0.3, 0.4) is 0 Å². The predicted octanol–water partition coefficient (Wildman–Crippen LogP) is 5.48. The van der Waals surface area contributed by atoms with Crippen LogP contribution in [-0.2, 0) is 16.1 Å². The molecule has 4 rings (SSSR count). The van der Waals surface area contributed by atoms with Crippen LogP contribution in [0.1, 0.15) is 71.3 Å². The Morgan fingerprint density at radius 3 is 2.37 bits per heavy atom. The monoisotopic (exact) mass is 516 g/mol. The fourth-order valence-electron chi connectivity index (χ4n) is 5.61. The molecule has 1 heterocycles. The number of carbonyl (C=O) groups excluding carboxylic acids is 2. The zero-order valence-corrected chi connectivity index (χ0v) is 22.9. The van der Waals surface area contributed by atoms with Crippen molar-refractivity contribution in [1.29, 1.82) is 0 Å². The van der Waals surface area contributed by atoms with Gasteiger partial charge in [0.05, 0.1) is 0 Å². The zero-order chi connectivity index (χ0) is 26.9. The summed E-state index contributed by atoms with van der Waals surface area (Å²) < 4.78 is 0. The lowest BCUT2D eigenvalue weighted by Gasteiger charge is -2.38. The molecular formula is C30H40N6O2. The molecule has 1 unspecified atom stereocenters. The first-order valence-corrected chi connectivity index (χ1v) is 14.1. The van der Waals surface area contributed by atoms with Crippen LogP contribution in [0.15, 0.2) is 48.5 Å². The summed E-state index contributed by atoms with van der Waals surface area (Å²) in [5.74, 6) is 0.818. The molecule has 2 aromatic carbocycles. The van der Waals surface area contributed by atoms with E-state index in [2.05, 4.69) is 51.8 Å². The Labute approximate surface area is 225 Å². The molecule has 1 saturated carbocycles. The minimum atomic E-state index is -0.441. The Kier molecular flexibility index (Phi) is 9.62. The number of tetrazole rings is 1. The SMILES string of the molecule is CCCCC(=O)N(Cc1ccc(-c2ccccc2)c(-c2nn[nH]n2)c1)C(C(=O)N(CC)CC)C1CCCC1. The van der Waals surface area contributed by atoms with Crippen LogP contribution < -0.4 is 0 Å². The summed E-state index contributed by atoms with van der Waals surface area (Å²) in [6, 6.07) is 15.8. The standard InChI is InChI=1S/C30H40N6O2/c1-4-7-17-27(37)36(28(24-15-11-12-16-24)30(38)35(5-2)6-3)21-22-18-19-25(23-13-9-8-10-14-23)26(20-22)29-31-33-34-32-29/h8-10,13-14,18-20,24,28H,4-7,11-12,15-17,21H2,1-3H3,(H,31,32,33,34). The van der Waals surface area contributed by atoms with Gasteiger partial charge in [-0.3, -0.25) is 9.59 Å². The maximum atomic E-state index is 13.9. The molecule has 8 nitrogen and oxygen atoms in total. The molecule has 202 valence electrons. The van der Waals surface area contributed by atoms with Crippen molar-refractivity contribution in [2.75, 3.05) is 13.1 Å². The summed E-state index contributed by atoms with van der Waals surface area (Å²) in [6.07, 6.45) is 6.38. The number of nitrogens with zero attached hydrogens (tertiary/aromatic N) is 5. The summed E-state index contributed by atoms with van der Waals surface area (Å²) in [6.45, 7) is 7.77. The van der Waals surface area contributed by atoms with Crippen LogP contribution in [-0.4, -0.2) is 61.4 Å². The number of carbonyl (C=O) groups is 2. The van der Waals surface area contributed by atoms with Crippen LogP contribution in [0, 0.1) is 5.92 Å². The van der Waals surface area contributed by atoms with E-state index in [-0.39, 0.29) is 17.7 Å². The Bertz CT molecular complexity index is 1170. The average molecular weight is 517 g/mol. The molecule has 38 heavy (non-hydrogen) atoms. The number of aromatic nitrogens is 4. The second kappa shape index (κ2) is 13.3. The average Bonchev–Trinajstić information content (AvgIpc) is 3.68. The molecule has 0 aliphatic heterocycles. The van der Waals surface area contributed by atoms with Gasteiger partial charge in [0, 0.05) is 31.6 Å². The Morgan fingerprint density at radius 1 is 1.00 bits per heavy atom. The molecule has 0 saturated heterocycles. The molecule has 0 bridgehead atoms. The maximum Gasteiger partial charge on any atom is 0.245 e. The Balaban J connectivity index is 1.75. The number of hydrogen-bond acceptors (Lipinski definition) is 5. The molecule has 8 heteroatoms. The number of amides is 2. The molecule has 1 fully saturated rings. The lowest BCUT2D eigenvalue weighted by atomic mass is 9.93. The molecule has 1 aliphatic carbocycles. The van der Waals surface area contributed by atoms with Crippen molar-refractivity contribution in [2.45, 2.75) is 78.3 Å². The van der Waals surface area contributed by atoms with E-state index in [1.807, 2.05) is 47.9 Å². The molecule has 0 spiro atoms. The third-order valence-corrected chi connectivity index (χ3v) is 7.68. The number of likely N-dealkylation sites (N-methyl/N-ethyl adjacent to an activating group) is 1. The number of rotatable bonds is 12. The van der Waals surface area contributed by atoms with E-state index in [4.69, 9.17) is 0 Å². The first-order chi connectivity index (χ1) is 18.6. The molecule has 3 aromatic rings. The number of nitrogens with one attached hydrogen (secondary N) is 1. The minimum Gasteiger partial charge on any atom is -0.341 e. The third-order valence-electron chi connectivity index (χ3n) is 7.68. The van der Waals surface area contributed by atoms with E-state index in [1.54, 1.807) is 0 Å². The highest BCUT2D eigenvalue weighted by atomic mass is 16.2. The van der Waals surface area contributed by atoms with Gasteiger partial charge in [0.1, 0.15) is 6.04 Å². The van der Waals surface area contributed by atoms with Crippen molar-refractivity contribution in [3.8, 4) is 22.5 Å². The van der Waals surface area contributed by atoms with E-state index < -0.39 is 6.04 Å². The highest BCUT2D eigenvalue weighted by Gasteiger charge is 2.39. The van der Waals surface area contributed by atoms with Gasteiger partial charge in [0.2, 0.25) is 17.6 Å². The quantitative estimate of drug-likeness (QED) is 0.344. The van der Waals surface area contributed by atoms with Gasteiger partial charge in [-0.05, 0) is 67.0 Å². The van der Waals surface area contributed by atoms with Gasteiger partial charge >= 0.3 is 0 Å². The van der Waals surface area contributed by atoms with Crippen LogP contribution in [0.5, 0.6) is 0 Å². The lowest BCUT2D eigenvalue weighted by Crippen LogP contribution is -2.53. The normalized spacial score (nSPS) is 14.4. The second-order valence-electron chi connectivity index (χ2n) is 10.1. The zero-order valence-electron chi connectivity index (χ0n) is 22.9. The molecule has 1 N–H and O–H groups in total. The first kappa shape index (κ1) is 27.5. The number of aromatic amines is 1. The number of H-pyrrole nitrogens is 1. The predicted molar refractivity (Wildman–Crippen MR) is 149 cm³/mol. The summed E-state index contributed by atoms with van der Waals surface area (Å²) >= 11 is 0. The number of benzene rings is 2. The van der Waals surface area contributed by atoms with Crippen molar-refractivity contribution < 1.29 is 9.59 Å². The van der Waals surface area contributed by atoms with Crippen LogP contribution in [0.4, 0.5) is 0 Å². The number of unbranched alkanes of at least 4 members (excludes halogenated alkanes) is 1. The molecule has 1 aliphatic rings. The van der Waals surface area contributed by atoms with Crippen molar-refractivity contribution in [2.24, 2.45) is 5.92 Å². The van der Waals surface area contributed by atoms with E-state index in [0.717, 1.165) is 60.8 Å². The van der Waals surface area contributed by atoms with Gasteiger partial charge in [0.25, 0.3) is 0 Å². The fraction of sp³-hybridized carbons (Fsp3) is 0.500. The smallest absolute Gasteiger partial charge is 0.245 e. The highest BCUT2D eigenvalue weighted by Crippen LogP contribution is 2.35. The summed E-state index contributed by atoms with van der Waals surface area (Å²) in [7, 11) is 0. The van der Waals surface area contributed by atoms with Crippen molar-refractivity contribution >= 4 is 11.8 Å². The van der Waals surface area contributed by atoms with E-state index >= 15 is 0 Å². The van der Waals surface area contributed by atoms with Gasteiger partial charge in [0.15, 0.2) is 0 Å². The fourth-order valence-corrected chi connectivity index (χ4v) is 5.61. The third kappa shape index (κ3) is 6.29. The molecule has 2 amide bonds. The molecule has 1 aromatic heterocycles. The second-order valence-corrected chi connectivity index (χ2v) is 10.1. The van der Waals surface area contributed by atoms with Gasteiger partial charge in [-0.15, -0.1) is 10.2 Å².